The summed E-state index contributed by atoms with van der Waals surface area (Å²) in [6, 6.07) is 18.0. The molecule has 7 heteroatoms. The molecule has 2 aromatic carbocycles. The molecule has 3 rings (SSSR count). The number of hydrogen-bond donors (Lipinski definition) is 1. The third kappa shape index (κ3) is 4.90. The molecule has 0 unspecified atom stereocenters. The van der Waals surface area contributed by atoms with Crippen molar-refractivity contribution in [3.05, 3.63) is 72.6 Å². The number of nitrogens with one attached hydrogen (secondary N) is 1. The Kier molecular flexibility index (Phi) is 5.83. The molecular weight excluding hydrogens is 362 g/mol. The van der Waals surface area contributed by atoms with Gasteiger partial charge in [-0.3, -0.25) is 9.78 Å². The lowest BCUT2D eigenvalue weighted by Gasteiger charge is -2.17. The number of benzene rings is 2. The SMILES string of the molecule is CN(Cc1ccccn1)C(=O)CCNS(=O)(=O)c1ccc2ccccc2c1. The van der Waals surface area contributed by atoms with Gasteiger partial charge in [-0.2, -0.15) is 0 Å². The number of carbonyl (C=O) groups is 1. The summed E-state index contributed by atoms with van der Waals surface area (Å²) in [4.78, 5) is 18.1. The van der Waals surface area contributed by atoms with E-state index >= 15 is 0 Å². The zero-order valence-electron chi connectivity index (χ0n) is 15.0. The van der Waals surface area contributed by atoms with Crippen molar-refractivity contribution in [2.24, 2.45) is 0 Å². The van der Waals surface area contributed by atoms with Gasteiger partial charge in [0.25, 0.3) is 0 Å². The van der Waals surface area contributed by atoms with Crippen molar-refractivity contribution in [1.29, 1.82) is 0 Å². The largest absolute Gasteiger partial charge is 0.340 e. The monoisotopic (exact) mass is 383 g/mol. The Bertz CT molecular complexity index is 1040. The maximum atomic E-state index is 12.5. The van der Waals surface area contributed by atoms with Crippen molar-refractivity contribution in [2.45, 2.75) is 17.9 Å². The molecule has 0 spiro atoms. The number of hydrogen-bond acceptors (Lipinski definition) is 4. The van der Waals surface area contributed by atoms with E-state index in [-0.39, 0.29) is 23.8 Å². The van der Waals surface area contributed by atoms with E-state index in [0.717, 1.165) is 16.5 Å². The fraction of sp³-hybridized carbons (Fsp3) is 0.200. The Morgan fingerprint density at radius 2 is 1.78 bits per heavy atom. The van der Waals surface area contributed by atoms with Gasteiger partial charge in [0, 0.05) is 26.2 Å². The summed E-state index contributed by atoms with van der Waals surface area (Å²) in [5.41, 5.74) is 0.782. The van der Waals surface area contributed by atoms with Crippen LogP contribution in [-0.2, 0) is 21.4 Å². The van der Waals surface area contributed by atoms with Crippen LogP contribution in [0.4, 0.5) is 0 Å². The van der Waals surface area contributed by atoms with Gasteiger partial charge in [-0.05, 0) is 35.0 Å². The van der Waals surface area contributed by atoms with Crippen molar-refractivity contribution in [1.82, 2.24) is 14.6 Å². The average molecular weight is 383 g/mol. The van der Waals surface area contributed by atoms with Gasteiger partial charge in [-0.1, -0.05) is 36.4 Å². The van der Waals surface area contributed by atoms with E-state index in [2.05, 4.69) is 9.71 Å². The molecule has 140 valence electrons. The first-order valence-electron chi connectivity index (χ1n) is 8.58. The molecule has 1 N–H and O–H groups in total. The topological polar surface area (TPSA) is 79.4 Å². The van der Waals surface area contributed by atoms with Crippen molar-refractivity contribution in [3.8, 4) is 0 Å². The summed E-state index contributed by atoms with van der Waals surface area (Å²) in [6.45, 7) is 0.428. The number of pyridine rings is 1. The summed E-state index contributed by atoms with van der Waals surface area (Å²) in [5.74, 6) is -0.151. The van der Waals surface area contributed by atoms with Crippen LogP contribution in [0.5, 0.6) is 0 Å². The number of amides is 1. The van der Waals surface area contributed by atoms with E-state index in [9.17, 15) is 13.2 Å². The second-order valence-corrected chi connectivity index (χ2v) is 7.99. The van der Waals surface area contributed by atoms with Crippen LogP contribution >= 0.6 is 0 Å². The van der Waals surface area contributed by atoms with Gasteiger partial charge >= 0.3 is 0 Å². The Morgan fingerprint density at radius 3 is 2.52 bits per heavy atom. The first-order valence-corrected chi connectivity index (χ1v) is 10.1. The van der Waals surface area contributed by atoms with Gasteiger partial charge in [0.15, 0.2) is 0 Å². The third-order valence-electron chi connectivity index (χ3n) is 4.21. The van der Waals surface area contributed by atoms with E-state index < -0.39 is 10.0 Å². The number of rotatable bonds is 7. The maximum absolute atomic E-state index is 12.5. The molecule has 0 radical (unpaired) electrons. The van der Waals surface area contributed by atoms with Gasteiger partial charge in [0.05, 0.1) is 17.1 Å². The van der Waals surface area contributed by atoms with Crippen molar-refractivity contribution < 1.29 is 13.2 Å². The highest BCUT2D eigenvalue weighted by molar-refractivity contribution is 7.89. The van der Waals surface area contributed by atoms with E-state index in [1.165, 1.54) is 4.90 Å². The molecule has 6 nitrogen and oxygen atoms in total. The van der Waals surface area contributed by atoms with Crippen LogP contribution in [0.1, 0.15) is 12.1 Å². The zero-order valence-corrected chi connectivity index (χ0v) is 15.8. The van der Waals surface area contributed by atoms with Gasteiger partial charge in [-0.25, -0.2) is 13.1 Å². The van der Waals surface area contributed by atoms with Crippen LogP contribution in [0.3, 0.4) is 0 Å². The first kappa shape index (κ1) is 19.0. The predicted octanol–water partition coefficient (Wildman–Crippen LogP) is 2.56. The zero-order chi connectivity index (χ0) is 19.3. The van der Waals surface area contributed by atoms with Gasteiger partial charge in [0.2, 0.25) is 15.9 Å². The maximum Gasteiger partial charge on any atom is 0.240 e. The summed E-state index contributed by atoms with van der Waals surface area (Å²) >= 11 is 0. The lowest BCUT2D eigenvalue weighted by Crippen LogP contribution is -2.32. The minimum Gasteiger partial charge on any atom is -0.340 e. The van der Waals surface area contributed by atoms with Gasteiger partial charge in [0.1, 0.15) is 0 Å². The van der Waals surface area contributed by atoms with Gasteiger partial charge < -0.3 is 4.90 Å². The molecule has 0 saturated heterocycles. The van der Waals surface area contributed by atoms with Crippen LogP contribution in [0, 0.1) is 0 Å². The van der Waals surface area contributed by atoms with E-state index in [1.54, 1.807) is 31.4 Å². The standard InChI is InChI=1S/C20H21N3O3S/c1-23(15-18-8-4-5-12-21-18)20(24)11-13-22-27(25,26)19-10-9-16-6-2-3-7-17(16)14-19/h2-10,12,14,22H,11,13,15H2,1H3. The van der Waals surface area contributed by atoms with Gasteiger partial charge in [-0.15, -0.1) is 0 Å². The van der Waals surface area contributed by atoms with Crippen LogP contribution in [0.25, 0.3) is 10.8 Å². The van der Waals surface area contributed by atoms with Crippen molar-refractivity contribution in [2.75, 3.05) is 13.6 Å². The smallest absolute Gasteiger partial charge is 0.240 e. The van der Waals surface area contributed by atoms with Crippen molar-refractivity contribution in [3.63, 3.8) is 0 Å². The Morgan fingerprint density at radius 1 is 1.04 bits per heavy atom. The highest BCUT2D eigenvalue weighted by Gasteiger charge is 2.16. The third-order valence-corrected chi connectivity index (χ3v) is 5.67. The summed E-state index contributed by atoms with van der Waals surface area (Å²) in [6.07, 6.45) is 1.75. The minimum absolute atomic E-state index is 0.0422. The molecule has 0 fully saturated rings. The van der Waals surface area contributed by atoms with Crippen LogP contribution < -0.4 is 4.72 Å². The van der Waals surface area contributed by atoms with E-state index in [4.69, 9.17) is 0 Å². The Labute approximate surface area is 158 Å². The van der Waals surface area contributed by atoms with Crippen LogP contribution in [-0.4, -0.2) is 37.8 Å². The molecule has 0 atom stereocenters. The predicted molar refractivity (Wildman–Crippen MR) is 104 cm³/mol. The molecular formula is C20H21N3O3S. The van der Waals surface area contributed by atoms with E-state index in [1.807, 2.05) is 42.5 Å². The lowest BCUT2D eigenvalue weighted by molar-refractivity contribution is -0.130. The number of aromatic nitrogens is 1. The summed E-state index contributed by atoms with van der Waals surface area (Å²) in [7, 11) is -1.99. The molecule has 1 amide bonds. The first-order chi connectivity index (χ1) is 13.0. The number of fused-ring (bicyclic) bond motifs is 1. The van der Waals surface area contributed by atoms with Crippen LogP contribution in [0.2, 0.25) is 0 Å². The minimum atomic E-state index is -3.67. The molecule has 0 aliphatic rings. The molecule has 27 heavy (non-hydrogen) atoms. The lowest BCUT2D eigenvalue weighted by atomic mass is 10.1. The number of sulfonamides is 1. The normalized spacial score (nSPS) is 11.4. The average Bonchev–Trinajstić information content (AvgIpc) is 2.68. The Balaban J connectivity index is 1.57. The quantitative estimate of drug-likeness (QED) is 0.680. The molecule has 1 aromatic heterocycles. The number of carbonyl (C=O) groups excluding carboxylic acids is 1. The Hall–Kier alpha value is -2.77. The fourth-order valence-corrected chi connectivity index (χ4v) is 3.79. The highest BCUT2D eigenvalue weighted by atomic mass is 32.2. The second-order valence-electron chi connectivity index (χ2n) is 6.23. The molecule has 0 bridgehead atoms. The molecule has 0 saturated carbocycles. The van der Waals surface area contributed by atoms with E-state index in [0.29, 0.717) is 6.54 Å². The van der Waals surface area contributed by atoms with Crippen LogP contribution in [0.15, 0.2) is 71.8 Å². The van der Waals surface area contributed by atoms with Crippen molar-refractivity contribution >= 4 is 26.7 Å². The molecule has 0 aliphatic heterocycles. The summed E-state index contributed by atoms with van der Waals surface area (Å²) in [5, 5.41) is 1.83. The number of nitrogens with zero attached hydrogens (tertiary/aromatic N) is 2. The highest BCUT2D eigenvalue weighted by Crippen LogP contribution is 2.18. The fourth-order valence-electron chi connectivity index (χ4n) is 2.72. The molecule has 1 heterocycles. The second kappa shape index (κ2) is 8.28. The summed E-state index contributed by atoms with van der Waals surface area (Å²) < 4.78 is 27.4. The molecule has 0 aliphatic carbocycles. The molecule has 3 aromatic rings.